The Morgan fingerprint density at radius 1 is 1.21 bits per heavy atom. The second-order valence-electron chi connectivity index (χ2n) is 7.03. The summed E-state index contributed by atoms with van der Waals surface area (Å²) in [5, 5.41) is 9.76. The fourth-order valence-corrected chi connectivity index (χ4v) is 5.64. The van der Waals surface area contributed by atoms with Gasteiger partial charge in [0, 0.05) is 17.8 Å². The van der Waals surface area contributed by atoms with Crippen LogP contribution in [-0.2, 0) is 4.79 Å². The van der Waals surface area contributed by atoms with Gasteiger partial charge in [-0.3, -0.25) is 0 Å². The van der Waals surface area contributed by atoms with Crippen LogP contribution in [0.15, 0.2) is 18.7 Å². The second-order valence-corrected chi connectivity index (χ2v) is 7.03. The van der Waals surface area contributed by atoms with E-state index in [9.17, 15) is 9.90 Å². The molecular formula is C15H20N2O2. The molecule has 1 atom stereocenters. The molecule has 4 bridgehead atoms. The van der Waals surface area contributed by atoms with E-state index < -0.39 is 12.0 Å². The van der Waals surface area contributed by atoms with Crippen LogP contribution < -0.4 is 0 Å². The highest BCUT2D eigenvalue weighted by Crippen LogP contribution is 2.63. The van der Waals surface area contributed by atoms with Crippen molar-refractivity contribution in [1.29, 1.82) is 0 Å². The van der Waals surface area contributed by atoms with Crippen molar-refractivity contribution in [2.45, 2.75) is 44.6 Å². The average molecular weight is 260 g/mol. The second kappa shape index (κ2) is 3.84. The quantitative estimate of drug-likeness (QED) is 0.909. The van der Waals surface area contributed by atoms with E-state index in [0.29, 0.717) is 0 Å². The number of aromatic nitrogens is 2. The number of carboxylic acids is 1. The van der Waals surface area contributed by atoms with E-state index in [2.05, 4.69) is 4.98 Å². The van der Waals surface area contributed by atoms with Crippen LogP contribution >= 0.6 is 0 Å². The Morgan fingerprint density at radius 2 is 1.79 bits per heavy atom. The van der Waals surface area contributed by atoms with Crippen LogP contribution in [0, 0.1) is 23.2 Å². The minimum absolute atomic E-state index is 0.0126. The number of imidazole rings is 1. The predicted octanol–water partition coefficient (Wildman–Crippen LogP) is 2.73. The summed E-state index contributed by atoms with van der Waals surface area (Å²) in [7, 11) is 0. The molecule has 0 aromatic carbocycles. The Morgan fingerprint density at radius 3 is 2.21 bits per heavy atom. The maximum absolute atomic E-state index is 11.9. The van der Waals surface area contributed by atoms with E-state index in [-0.39, 0.29) is 5.41 Å². The topological polar surface area (TPSA) is 55.1 Å². The third-order valence-electron chi connectivity index (χ3n) is 5.72. The number of hydrogen-bond donors (Lipinski definition) is 1. The van der Waals surface area contributed by atoms with Gasteiger partial charge in [-0.1, -0.05) is 0 Å². The van der Waals surface area contributed by atoms with Crippen molar-refractivity contribution in [2.24, 2.45) is 23.2 Å². The Balaban J connectivity index is 1.75. The van der Waals surface area contributed by atoms with Gasteiger partial charge in [0.2, 0.25) is 0 Å². The molecule has 4 fully saturated rings. The molecule has 0 aliphatic heterocycles. The van der Waals surface area contributed by atoms with Gasteiger partial charge in [0.1, 0.15) is 6.04 Å². The van der Waals surface area contributed by atoms with Crippen LogP contribution in [0.25, 0.3) is 0 Å². The molecule has 4 aliphatic carbocycles. The van der Waals surface area contributed by atoms with Crippen molar-refractivity contribution in [2.75, 3.05) is 0 Å². The molecule has 4 aliphatic rings. The van der Waals surface area contributed by atoms with Crippen LogP contribution in [0.4, 0.5) is 0 Å². The van der Waals surface area contributed by atoms with Gasteiger partial charge in [-0.25, -0.2) is 9.78 Å². The number of aliphatic carboxylic acids is 1. The average Bonchev–Trinajstić information content (AvgIpc) is 2.79. The van der Waals surface area contributed by atoms with E-state index in [1.165, 1.54) is 19.3 Å². The molecule has 0 amide bonds. The highest BCUT2D eigenvalue weighted by atomic mass is 16.4. The lowest BCUT2D eigenvalue weighted by molar-refractivity contribution is -0.155. The van der Waals surface area contributed by atoms with Crippen LogP contribution in [-0.4, -0.2) is 20.6 Å². The van der Waals surface area contributed by atoms with E-state index >= 15 is 0 Å². The summed E-state index contributed by atoms with van der Waals surface area (Å²) >= 11 is 0. The molecule has 1 aromatic heterocycles. The molecule has 4 nitrogen and oxygen atoms in total. The predicted molar refractivity (Wildman–Crippen MR) is 69.5 cm³/mol. The lowest BCUT2D eigenvalue weighted by Gasteiger charge is -2.58. The Labute approximate surface area is 112 Å². The van der Waals surface area contributed by atoms with Gasteiger partial charge in [0.25, 0.3) is 0 Å². The Kier molecular flexibility index (Phi) is 2.32. The lowest BCUT2D eigenvalue weighted by Crippen LogP contribution is -2.51. The third kappa shape index (κ3) is 1.65. The smallest absolute Gasteiger partial charge is 0.327 e. The molecule has 0 saturated heterocycles. The summed E-state index contributed by atoms with van der Waals surface area (Å²) in [6.07, 6.45) is 12.5. The summed E-state index contributed by atoms with van der Waals surface area (Å²) in [4.78, 5) is 15.9. The zero-order valence-electron chi connectivity index (χ0n) is 11.0. The number of rotatable bonds is 3. The first-order chi connectivity index (χ1) is 9.16. The molecule has 1 heterocycles. The van der Waals surface area contributed by atoms with Gasteiger partial charge in [0.15, 0.2) is 0 Å². The molecule has 1 unspecified atom stereocenters. The maximum atomic E-state index is 11.9. The fraction of sp³-hybridized carbons (Fsp3) is 0.733. The van der Waals surface area contributed by atoms with Crippen molar-refractivity contribution in [3.63, 3.8) is 0 Å². The van der Waals surface area contributed by atoms with Gasteiger partial charge in [-0.15, -0.1) is 0 Å². The molecule has 0 radical (unpaired) electrons. The number of carboxylic acid groups (broad SMARTS) is 1. The minimum Gasteiger partial charge on any atom is -0.480 e. The molecule has 1 aromatic rings. The van der Waals surface area contributed by atoms with Gasteiger partial charge >= 0.3 is 5.97 Å². The summed E-state index contributed by atoms with van der Waals surface area (Å²) < 4.78 is 1.83. The van der Waals surface area contributed by atoms with Crippen molar-refractivity contribution in [3.8, 4) is 0 Å². The molecule has 0 spiro atoms. The van der Waals surface area contributed by atoms with Crippen molar-refractivity contribution in [3.05, 3.63) is 18.7 Å². The van der Waals surface area contributed by atoms with E-state index in [4.69, 9.17) is 0 Å². The van der Waals surface area contributed by atoms with Crippen molar-refractivity contribution >= 4 is 5.97 Å². The molecule has 4 saturated carbocycles. The summed E-state index contributed by atoms with van der Waals surface area (Å²) in [5.41, 5.74) is -0.0126. The number of hydrogen-bond acceptors (Lipinski definition) is 2. The van der Waals surface area contributed by atoms with Crippen LogP contribution in [0.2, 0.25) is 0 Å². The highest BCUT2D eigenvalue weighted by Gasteiger charge is 2.56. The SMILES string of the molecule is O=C(O)C(n1ccnc1)C12CC3CC(CC(C3)C1)C2. The Bertz CT molecular complexity index is 459. The number of carbonyl (C=O) groups is 1. The fourth-order valence-electron chi connectivity index (χ4n) is 5.64. The zero-order valence-corrected chi connectivity index (χ0v) is 11.0. The van der Waals surface area contributed by atoms with Crippen LogP contribution in [0.1, 0.15) is 44.6 Å². The van der Waals surface area contributed by atoms with Gasteiger partial charge in [0.05, 0.1) is 6.33 Å². The Hall–Kier alpha value is -1.32. The van der Waals surface area contributed by atoms with E-state index in [1.807, 2.05) is 10.8 Å². The zero-order chi connectivity index (χ0) is 13.0. The molecule has 4 heteroatoms. The molecule has 5 rings (SSSR count). The first-order valence-electron chi connectivity index (χ1n) is 7.36. The first-order valence-corrected chi connectivity index (χ1v) is 7.36. The maximum Gasteiger partial charge on any atom is 0.327 e. The number of nitrogens with zero attached hydrogens (tertiary/aromatic N) is 2. The monoisotopic (exact) mass is 260 g/mol. The highest BCUT2D eigenvalue weighted by molar-refractivity contribution is 5.73. The first kappa shape index (κ1) is 11.5. The van der Waals surface area contributed by atoms with Gasteiger partial charge in [-0.2, -0.15) is 0 Å². The van der Waals surface area contributed by atoms with E-state index in [1.54, 1.807) is 12.5 Å². The summed E-state index contributed by atoms with van der Waals surface area (Å²) in [6, 6.07) is -0.414. The molecular weight excluding hydrogens is 240 g/mol. The molecule has 1 N–H and O–H groups in total. The summed E-state index contributed by atoms with van der Waals surface area (Å²) in [5.74, 6) is 1.64. The van der Waals surface area contributed by atoms with E-state index in [0.717, 1.165) is 37.0 Å². The lowest BCUT2D eigenvalue weighted by atomic mass is 9.47. The van der Waals surface area contributed by atoms with Crippen molar-refractivity contribution < 1.29 is 9.90 Å². The molecule has 19 heavy (non-hydrogen) atoms. The minimum atomic E-state index is -0.681. The molecule has 102 valence electrons. The van der Waals surface area contributed by atoms with Crippen LogP contribution in [0.5, 0.6) is 0 Å². The normalized spacial score (nSPS) is 41.4. The largest absolute Gasteiger partial charge is 0.480 e. The third-order valence-corrected chi connectivity index (χ3v) is 5.72. The standard InChI is InChI=1S/C15H20N2O2/c18-14(19)13(17-2-1-16-9-17)15-6-10-3-11(7-15)5-12(4-10)8-15/h1-2,9-13H,3-8H2,(H,18,19). The van der Waals surface area contributed by atoms with Crippen LogP contribution in [0.3, 0.4) is 0 Å². The van der Waals surface area contributed by atoms with Gasteiger partial charge in [-0.05, 0) is 56.3 Å². The van der Waals surface area contributed by atoms with Crippen molar-refractivity contribution in [1.82, 2.24) is 9.55 Å². The summed E-state index contributed by atoms with van der Waals surface area (Å²) in [6.45, 7) is 0. The van der Waals surface area contributed by atoms with Gasteiger partial charge < -0.3 is 9.67 Å².